The normalized spacial score (nSPS) is 11.5. The van der Waals surface area contributed by atoms with Gasteiger partial charge in [-0.25, -0.2) is 0 Å². The molecule has 2 aromatic rings. The van der Waals surface area contributed by atoms with Gasteiger partial charge in [0.05, 0.1) is 19.9 Å². The molecule has 0 spiro atoms. The fourth-order valence-corrected chi connectivity index (χ4v) is 2.09. The van der Waals surface area contributed by atoms with Crippen LogP contribution in [0, 0.1) is 0 Å². The highest BCUT2D eigenvalue weighted by atomic mass is 16.5. The summed E-state index contributed by atoms with van der Waals surface area (Å²) in [5.41, 5.74) is 1.90. The Bertz CT molecular complexity index is 704. The van der Waals surface area contributed by atoms with Crippen molar-refractivity contribution >= 4 is 17.3 Å². The molecule has 128 valence electrons. The van der Waals surface area contributed by atoms with Crippen molar-refractivity contribution < 1.29 is 14.3 Å². The molecule has 0 aliphatic carbocycles. The first-order valence-electron chi connectivity index (χ1n) is 7.83. The van der Waals surface area contributed by atoms with Crippen LogP contribution in [0.2, 0.25) is 0 Å². The van der Waals surface area contributed by atoms with E-state index in [-0.39, 0.29) is 11.9 Å². The average Bonchev–Trinajstić information content (AvgIpc) is 2.62. The van der Waals surface area contributed by atoms with E-state index < -0.39 is 0 Å². The zero-order chi connectivity index (χ0) is 17.5. The van der Waals surface area contributed by atoms with Gasteiger partial charge in [-0.1, -0.05) is 6.92 Å². The van der Waals surface area contributed by atoms with E-state index in [4.69, 9.17) is 9.47 Å². The molecule has 2 rings (SSSR count). The van der Waals surface area contributed by atoms with Crippen LogP contribution in [0.4, 0.5) is 11.4 Å². The van der Waals surface area contributed by atoms with E-state index in [0.717, 1.165) is 17.8 Å². The van der Waals surface area contributed by atoms with Crippen LogP contribution in [0.3, 0.4) is 0 Å². The number of carbonyl (C=O) groups excluding carboxylic acids is 1. The van der Waals surface area contributed by atoms with Crippen molar-refractivity contribution in [3.63, 3.8) is 0 Å². The molecule has 24 heavy (non-hydrogen) atoms. The minimum Gasteiger partial charge on any atom is -0.497 e. The van der Waals surface area contributed by atoms with E-state index in [2.05, 4.69) is 15.6 Å². The summed E-state index contributed by atoms with van der Waals surface area (Å²) in [6.07, 6.45) is 2.47. The first-order valence-corrected chi connectivity index (χ1v) is 7.83. The molecule has 6 heteroatoms. The van der Waals surface area contributed by atoms with E-state index in [9.17, 15) is 4.79 Å². The summed E-state index contributed by atoms with van der Waals surface area (Å²) < 4.78 is 10.6. The predicted octanol–water partition coefficient (Wildman–Crippen LogP) is 3.37. The first kappa shape index (κ1) is 17.6. The second-order valence-electron chi connectivity index (χ2n) is 5.40. The Balaban J connectivity index is 2.19. The number of methoxy groups -OCH3 is 2. The van der Waals surface area contributed by atoms with Crippen LogP contribution in [0.5, 0.6) is 11.5 Å². The molecule has 1 amide bonds. The number of benzene rings is 1. The molecular weight excluding hydrogens is 306 g/mol. The van der Waals surface area contributed by atoms with Gasteiger partial charge in [-0.05, 0) is 37.6 Å². The number of nitrogens with zero attached hydrogens (tertiary/aromatic N) is 1. The molecular formula is C18H23N3O3. The van der Waals surface area contributed by atoms with Gasteiger partial charge in [0, 0.05) is 24.0 Å². The maximum atomic E-state index is 12.2. The molecule has 1 unspecified atom stereocenters. The van der Waals surface area contributed by atoms with Crippen LogP contribution in [-0.4, -0.2) is 31.2 Å². The number of hydrogen-bond donors (Lipinski definition) is 2. The van der Waals surface area contributed by atoms with Crippen LogP contribution in [0.1, 0.15) is 30.8 Å². The third-order valence-corrected chi connectivity index (χ3v) is 3.67. The van der Waals surface area contributed by atoms with Crippen molar-refractivity contribution in [1.29, 1.82) is 0 Å². The molecule has 0 saturated heterocycles. The van der Waals surface area contributed by atoms with E-state index in [1.54, 1.807) is 38.6 Å². The number of amides is 1. The van der Waals surface area contributed by atoms with Crippen molar-refractivity contribution in [3.8, 4) is 11.5 Å². The van der Waals surface area contributed by atoms with Gasteiger partial charge in [0.1, 0.15) is 17.2 Å². The van der Waals surface area contributed by atoms with Crippen LogP contribution in [0.15, 0.2) is 36.5 Å². The summed E-state index contributed by atoms with van der Waals surface area (Å²) in [7, 11) is 3.20. The molecule has 1 atom stereocenters. The average molecular weight is 329 g/mol. The molecule has 2 N–H and O–H groups in total. The summed E-state index contributed by atoms with van der Waals surface area (Å²) in [6, 6.07) is 9.10. The smallest absolute Gasteiger partial charge is 0.270 e. The lowest BCUT2D eigenvalue weighted by Crippen LogP contribution is -2.32. The van der Waals surface area contributed by atoms with Crippen molar-refractivity contribution in [2.45, 2.75) is 26.3 Å². The molecule has 0 radical (unpaired) electrons. The monoisotopic (exact) mass is 329 g/mol. The highest BCUT2D eigenvalue weighted by molar-refractivity contribution is 5.93. The SMILES string of the molecule is CCC(C)NC(=O)c1cc(Nc2ccc(OC)cc2OC)ccn1. The maximum absolute atomic E-state index is 12.2. The summed E-state index contributed by atoms with van der Waals surface area (Å²) in [5, 5.41) is 6.14. The number of nitrogens with one attached hydrogen (secondary N) is 2. The van der Waals surface area contributed by atoms with Gasteiger partial charge >= 0.3 is 0 Å². The molecule has 0 aliphatic heterocycles. The highest BCUT2D eigenvalue weighted by Crippen LogP contribution is 2.31. The third kappa shape index (κ3) is 4.38. The lowest BCUT2D eigenvalue weighted by molar-refractivity contribution is 0.0934. The largest absolute Gasteiger partial charge is 0.497 e. The molecule has 6 nitrogen and oxygen atoms in total. The zero-order valence-corrected chi connectivity index (χ0v) is 14.4. The molecule has 0 aliphatic rings. The van der Waals surface area contributed by atoms with E-state index in [0.29, 0.717) is 17.2 Å². The molecule has 1 heterocycles. The van der Waals surface area contributed by atoms with Crippen molar-refractivity contribution in [1.82, 2.24) is 10.3 Å². The fourth-order valence-electron chi connectivity index (χ4n) is 2.09. The van der Waals surface area contributed by atoms with Gasteiger partial charge in [-0.15, -0.1) is 0 Å². The maximum Gasteiger partial charge on any atom is 0.270 e. The third-order valence-electron chi connectivity index (χ3n) is 3.67. The summed E-state index contributed by atoms with van der Waals surface area (Å²) in [4.78, 5) is 16.3. The minimum absolute atomic E-state index is 0.109. The Morgan fingerprint density at radius 1 is 1.21 bits per heavy atom. The summed E-state index contributed by atoms with van der Waals surface area (Å²) in [5.74, 6) is 1.17. The molecule has 0 saturated carbocycles. The van der Waals surface area contributed by atoms with Gasteiger partial charge < -0.3 is 20.1 Å². The predicted molar refractivity (Wildman–Crippen MR) is 94.3 cm³/mol. The number of anilines is 2. The number of pyridine rings is 1. The van der Waals surface area contributed by atoms with E-state index in [1.165, 1.54) is 0 Å². The Kier molecular flexibility index (Phi) is 6.01. The Morgan fingerprint density at radius 2 is 2.00 bits per heavy atom. The van der Waals surface area contributed by atoms with Gasteiger partial charge in [0.15, 0.2) is 0 Å². The van der Waals surface area contributed by atoms with Crippen molar-refractivity contribution in [3.05, 3.63) is 42.2 Å². The Labute approximate surface area is 142 Å². The fraction of sp³-hybridized carbons (Fsp3) is 0.333. The quantitative estimate of drug-likeness (QED) is 0.815. The van der Waals surface area contributed by atoms with E-state index >= 15 is 0 Å². The Hall–Kier alpha value is -2.76. The molecule has 1 aromatic carbocycles. The highest BCUT2D eigenvalue weighted by Gasteiger charge is 2.11. The summed E-state index contributed by atoms with van der Waals surface area (Å²) in [6.45, 7) is 3.98. The van der Waals surface area contributed by atoms with Gasteiger partial charge in [0.2, 0.25) is 0 Å². The van der Waals surface area contributed by atoms with Gasteiger partial charge in [0.25, 0.3) is 5.91 Å². The second-order valence-corrected chi connectivity index (χ2v) is 5.40. The molecule has 0 fully saturated rings. The van der Waals surface area contributed by atoms with Crippen LogP contribution >= 0.6 is 0 Å². The molecule has 1 aromatic heterocycles. The van der Waals surface area contributed by atoms with Crippen LogP contribution in [-0.2, 0) is 0 Å². The van der Waals surface area contributed by atoms with Crippen LogP contribution in [0.25, 0.3) is 0 Å². The van der Waals surface area contributed by atoms with Crippen molar-refractivity contribution in [2.75, 3.05) is 19.5 Å². The summed E-state index contributed by atoms with van der Waals surface area (Å²) >= 11 is 0. The number of ether oxygens (including phenoxy) is 2. The van der Waals surface area contributed by atoms with Gasteiger partial charge in [-0.2, -0.15) is 0 Å². The first-order chi connectivity index (χ1) is 11.6. The zero-order valence-electron chi connectivity index (χ0n) is 14.4. The Morgan fingerprint density at radius 3 is 2.67 bits per heavy atom. The van der Waals surface area contributed by atoms with Crippen molar-refractivity contribution in [2.24, 2.45) is 0 Å². The topological polar surface area (TPSA) is 72.5 Å². The standard InChI is InChI=1S/C18H23N3O3/c1-5-12(2)20-18(22)16-10-13(8-9-19-16)21-15-7-6-14(23-3)11-17(15)24-4/h6-12H,5H2,1-4H3,(H,19,21)(H,20,22). The minimum atomic E-state index is -0.185. The second kappa shape index (κ2) is 8.19. The molecule has 0 bridgehead atoms. The number of hydrogen-bond acceptors (Lipinski definition) is 5. The number of aromatic nitrogens is 1. The van der Waals surface area contributed by atoms with E-state index in [1.807, 2.05) is 26.0 Å². The lowest BCUT2D eigenvalue weighted by atomic mass is 10.2. The van der Waals surface area contributed by atoms with Gasteiger partial charge in [-0.3, -0.25) is 9.78 Å². The number of carbonyl (C=O) groups is 1. The van der Waals surface area contributed by atoms with Crippen LogP contribution < -0.4 is 20.1 Å². The lowest BCUT2D eigenvalue weighted by Gasteiger charge is -2.14. The number of rotatable bonds is 7.